The quantitative estimate of drug-likeness (QED) is 0.490. The van der Waals surface area contributed by atoms with E-state index in [1.807, 2.05) is 47.4 Å². The third kappa shape index (κ3) is 3.56. The minimum atomic E-state index is -0.0948. The average molecular weight is 394 g/mol. The van der Waals surface area contributed by atoms with E-state index < -0.39 is 0 Å². The molecule has 0 N–H and O–H groups in total. The second-order valence-electron chi connectivity index (χ2n) is 6.91. The summed E-state index contributed by atoms with van der Waals surface area (Å²) in [5, 5.41) is 1.15. The molecule has 1 aromatic heterocycles. The van der Waals surface area contributed by atoms with Gasteiger partial charge in [-0.25, -0.2) is 4.98 Å². The zero-order valence-corrected chi connectivity index (χ0v) is 16.7. The number of benzene rings is 2. The van der Waals surface area contributed by atoms with Crippen LogP contribution in [0.15, 0.2) is 58.5 Å². The standard InChI is InChI=1S/C22H23N3O2S/c1-2-16-9-3-6-12-19(16)25-21(27)17-10-4-5-11-18(17)23-22(25)28-15-20(26)24-13-7-8-14-24/h3-6,9-12H,2,7-8,13-15H2,1H3. The molecular weight excluding hydrogens is 370 g/mol. The minimum Gasteiger partial charge on any atom is -0.342 e. The van der Waals surface area contributed by atoms with Gasteiger partial charge in [-0.15, -0.1) is 0 Å². The van der Waals surface area contributed by atoms with Crippen molar-refractivity contribution in [3.05, 3.63) is 64.4 Å². The summed E-state index contributed by atoms with van der Waals surface area (Å²) in [6.45, 7) is 3.73. The lowest BCUT2D eigenvalue weighted by atomic mass is 10.1. The van der Waals surface area contributed by atoms with Gasteiger partial charge in [-0.3, -0.25) is 14.2 Å². The van der Waals surface area contributed by atoms with Gasteiger partial charge in [-0.05, 0) is 43.0 Å². The number of rotatable bonds is 5. The van der Waals surface area contributed by atoms with Gasteiger partial charge in [0.25, 0.3) is 5.56 Å². The highest BCUT2D eigenvalue weighted by Crippen LogP contribution is 2.24. The largest absolute Gasteiger partial charge is 0.342 e. The molecule has 28 heavy (non-hydrogen) atoms. The molecule has 0 atom stereocenters. The highest BCUT2D eigenvalue weighted by molar-refractivity contribution is 7.99. The summed E-state index contributed by atoms with van der Waals surface area (Å²) < 4.78 is 1.67. The Labute approximate surface area is 168 Å². The minimum absolute atomic E-state index is 0.0948. The molecule has 0 aliphatic carbocycles. The number of fused-ring (bicyclic) bond motifs is 1. The molecule has 1 amide bonds. The van der Waals surface area contributed by atoms with Gasteiger partial charge in [0.05, 0.1) is 22.3 Å². The molecule has 2 aromatic carbocycles. The maximum Gasteiger partial charge on any atom is 0.266 e. The lowest BCUT2D eigenvalue weighted by Crippen LogP contribution is -2.30. The first-order valence-corrected chi connectivity index (χ1v) is 10.7. The van der Waals surface area contributed by atoms with E-state index in [0.717, 1.165) is 43.6 Å². The molecule has 1 aliphatic rings. The Morgan fingerprint density at radius 2 is 1.79 bits per heavy atom. The maximum atomic E-state index is 13.3. The third-order valence-electron chi connectivity index (χ3n) is 5.14. The average Bonchev–Trinajstić information content (AvgIpc) is 3.27. The number of hydrogen-bond acceptors (Lipinski definition) is 4. The Morgan fingerprint density at radius 3 is 2.57 bits per heavy atom. The summed E-state index contributed by atoms with van der Waals surface area (Å²) in [5.41, 5.74) is 2.48. The first-order chi connectivity index (χ1) is 13.7. The van der Waals surface area contributed by atoms with Crippen LogP contribution in [-0.2, 0) is 11.2 Å². The summed E-state index contributed by atoms with van der Waals surface area (Å²) in [7, 11) is 0. The number of carbonyl (C=O) groups excluding carboxylic acids is 1. The van der Waals surface area contributed by atoms with Crippen molar-refractivity contribution in [1.29, 1.82) is 0 Å². The van der Waals surface area contributed by atoms with Gasteiger partial charge in [0.2, 0.25) is 5.91 Å². The molecule has 0 saturated carbocycles. The molecule has 2 heterocycles. The zero-order valence-electron chi connectivity index (χ0n) is 15.9. The molecule has 4 rings (SSSR count). The van der Waals surface area contributed by atoms with Crippen molar-refractivity contribution < 1.29 is 4.79 Å². The predicted octanol–water partition coefficient (Wildman–Crippen LogP) is 3.66. The van der Waals surface area contributed by atoms with E-state index in [2.05, 4.69) is 6.92 Å². The molecule has 0 bridgehead atoms. The Balaban J connectivity index is 1.79. The van der Waals surface area contributed by atoms with E-state index in [9.17, 15) is 9.59 Å². The van der Waals surface area contributed by atoms with Crippen LogP contribution in [0.5, 0.6) is 0 Å². The van der Waals surface area contributed by atoms with Crippen LogP contribution < -0.4 is 5.56 Å². The van der Waals surface area contributed by atoms with E-state index in [0.29, 0.717) is 21.8 Å². The highest BCUT2D eigenvalue weighted by atomic mass is 32.2. The van der Waals surface area contributed by atoms with Gasteiger partial charge in [-0.1, -0.05) is 49.0 Å². The lowest BCUT2D eigenvalue weighted by Gasteiger charge is -2.17. The van der Waals surface area contributed by atoms with Gasteiger partial charge in [-0.2, -0.15) is 0 Å². The number of amides is 1. The molecule has 144 valence electrons. The highest BCUT2D eigenvalue weighted by Gasteiger charge is 2.20. The van der Waals surface area contributed by atoms with Crippen LogP contribution in [0.2, 0.25) is 0 Å². The number of hydrogen-bond donors (Lipinski definition) is 0. The van der Waals surface area contributed by atoms with Crippen LogP contribution >= 0.6 is 11.8 Å². The fourth-order valence-electron chi connectivity index (χ4n) is 3.63. The molecule has 6 heteroatoms. The zero-order chi connectivity index (χ0) is 19.5. The fourth-order valence-corrected chi connectivity index (χ4v) is 4.54. The first kappa shape index (κ1) is 18.7. The summed E-state index contributed by atoms with van der Waals surface area (Å²) >= 11 is 1.35. The van der Waals surface area contributed by atoms with E-state index in [4.69, 9.17) is 4.98 Å². The van der Waals surface area contributed by atoms with Gasteiger partial charge in [0.15, 0.2) is 5.16 Å². The number of nitrogens with zero attached hydrogens (tertiary/aromatic N) is 3. The molecule has 1 aliphatic heterocycles. The second-order valence-corrected chi connectivity index (χ2v) is 7.85. The molecule has 0 radical (unpaired) electrons. The van der Waals surface area contributed by atoms with Crippen LogP contribution in [0, 0.1) is 0 Å². The van der Waals surface area contributed by atoms with Crippen LogP contribution in [-0.4, -0.2) is 39.2 Å². The number of carbonyl (C=O) groups is 1. The maximum absolute atomic E-state index is 13.3. The molecular formula is C22H23N3O2S. The Kier molecular flexibility index (Phi) is 5.48. The van der Waals surface area contributed by atoms with Crippen molar-refractivity contribution >= 4 is 28.6 Å². The van der Waals surface area contributed by atoms with Gasteiger partial charge in [0, 0.05) is 13.1 Å². The van der Waals surface area contributed by atoms with E-state index in [1.165, 1.54) is 11.8 Å². The molecule has 0 spiro atoms. The third-order valence-corrected chi connectivity index (χ3v) is 6.07. The Bertz CT molecular complexity index is 1070. The second kappa shape index (κ2) is 8.19. The number of thioether (sulfide) groups is 1. The number of para-hydroxylation sites is 2. The van der Waals surface area contributed by atoms with E-state index in [-0.39, 0.29) is 11.5 Å². The van der Waals surface area contributed by atoms with Crippen LogP contribution in [0.3, 0.4) is 0 Å². The van der Waals surface area contributed by atoms with E-state index in [1.54, 1.807) is 10.6 Å². The first-order valence-electron chi connectivity index (χ1n) is 9.69. The number of likely N-dealkylation sites (tertiary alicyclic amines) is 1. The number of aryl methyl sites for hydroxylation is 1. The van der Waals surface area contributed by atoms with E-state index >= 15 is 0 Å². The van der Waals surface area contributed by atoms with Crippen molar-refractivity contribution in [2.24, 2.45) is 0 Å². The Morgan fingerprint density at radius 1 is 1.07 bits per heavy atom. The molecule has 3 aromatic rings. The van der Waals surface area contributed by atoms with Gasteiger partial charge >= 0.3 is 0 Å². The van der Waals surface area contributed by atoms with Crippen molar-refractivity contribution in [3.63, 3.8) is 0 Å². The topological polar surface area (TPSA) is 55.2 Å². The SMILES string of the molecule is CCc1ccccc1-n1c(SCC(=O)N2CCCC2)nc2ccccc2c1=O. The normalized spacial score (nSPS) is 14.0. The lowest BCUT2D eigenvalue weighted by molar-refractivity contribution is -0.127. The number of aromatic nitrogens is 2. The fraction of sp³-hybridized carbons (Fsp3) is 0.318. The summed E-state index contributed by atoms with van der Waals surface area (Å²) in [4.78, 5) is 32.5. The monoisotopic (exact) mass is 393 g/mol. The van der Waals surface area contributed by atoms with Crippen LogP contribution in [0.1, 0.15) is 25.3 Å². The van der Waals surface area contributed by atoms with Crippen LogP contribution in [0.25, 0.3) is 16.6 Å². The van der Waals surface area contributed by atoms with Crippen molar-refractivity contribution in [1.82, 2.24) is 14.5 Å². The van der Waals surface area contributed by atoms with Gasteiger partial charge < -0.3 is 4.90 Å². The molecule has 0 unspecified atom stereocenters. The Hall–Kier alpha value is -2.60. The van der Waals surface area contributed by atoms with Gasteiger partial charge in [0.1, 0.15) is 0 Å². The summed E-state index contributed by atoms with van der Waals surface area (Å²) in [6, 6.07) is 15.3. The molecule has 1 fully saturated rings. The summed E-state index contributed by atoms with van der Waals surface area (Å²) in [6.07, 6.45) is 2.95. The van der Waals surface area contributed by atoms with Crippen LogP contribution in [0.4, 0.5) is 0 Å². The molecule has 5 nitrogen and oxygen atoms in total. The molecule has 1 saturated heterocycles. The smallest absolute Gasteiger partial charge is 0.266 e. The van der Waals surface area contributed by atoms with Crippen molar-refractivity contribution in [2.45, 2.75) is 31.3 Å². The van der Waals surface area contributed by atoms with Crippen molar-refractivity contribution in [3.8, 4) is 5.69 Å². The predicted molar refractivity (Wildman–Crippen MR) is 113 cm³/mol. The van der Waals surface area contributed by atoms with Crippen molar-refractivity contribution in [2.75, 3.05) is 18.8 Å². The summed E-state index contributed by atoms with van der Waals surface area (Å²) in [5.74, 6) is 0.402.